The summed E-state index contributed by atoms with van der Waals surface area (Å²) in [6, 6.07) is 16.7. The van der Waals surface area contributed by atoms with Crippen LogP contribution in [0.3, 0.4) is 0 Å². The van der Waals surface area contributed by atoms with Gasteiger partial charge in [0.1, 0.15) is 12.4 Å². The lowest BCUT2D eigenvalue weighted by atomic mass is 10.1. The molecular weight excluding hydrogens is 298 g/mol. The van der Waals surface area contributed by atoms with Crippen LogP contribution in [0.15, 0.2) is 54.7 Å². The van der Waals surface area contributed by atoms with Crippen molar-refractivity contribution in [2.24, 2.45) is 0 Å². The van der Waals surface area contributed by atoms with Gasteiger partial charge in [-0.15, -0.1) is 0 Å². The van der Waals surface area contributed by atoms with Gasteiger partial charge in [0.15, 0.2) is 0 Å². The highest BCUT2D eigenvalue weighted by Gasteiger charge is 2.18. The molecule has 4 rings (SSSR count). The monoisotopic (exact) mass is 319 g/mol. The Balaban J connectivity index is 1.48. The van der Waals surface area contributed by atoms with Crippen LogP contribution in [0.4, 0.5) is 0 Å². The molecule has 0 radical (unpaired) electrons. The number of aromatic amines is 1. The van der Waals surface area contributed by atoms with Crippen LogP contribution < -0.4 is 4.74 Å². The molecule has 1 N–H and O–H groups in total. The Bertz CT molecular complexity index is 826. The maximum Gasteiger partial charge on any atom is 0.120 e. The average molecular weight is 319 g/mol. The molecule has 2 aromatic carbocycles. The predicted molar refractivity (Wildman–Crippen MR) is 94.6 cm³/mol. The van der Waals surface area contributed by atoms with Gasteiger partial charge in [0, 0.05) is 18.7 Å². The van der Waals surface area contributed by atoms with E-state index in [4.69, 9.17) is 4.74 Å². The van der Waals surface area contributed by atoms with Gasteiger partial charge in [-0.2, -0.15) is 5.10 Å². The summed E-state index contributed by atoms with van der Waals surface area (Å²) in [7, 11) is 0. The highest BCUT2D eigenvalue weighted by atomic mass is 16.5. The zero-order chi connectivity index (χ0) is 16.4. The molecule has 0 aliphatic carbocycles. The molecule has 0 saturated heterocycles. The summed E-state index contributed by atoms with van der Waals surface area (Å²) in [5.74, 6) is 0.923. The van der Waals surface area contributed by atoms with Crippen molar-refractivity contribution < 1.29 is 4.74 Å². The van der Waals surface area contributed by atoms with Gasteiger partial charge in [-0.05, 0) is 35.4 Å². The first-order valence-corrected chi connectivity index (χ1v) is 8.38. The highest BCUT2D eigenvalue weighted by molar-refractivity contribution is 5.62. The number of hydrogen-bond acceptors (Lipinski definition) is 3. The van der Waals surface area contributed by atoms with Gasteiger partial charge in [-0.1, -0.05) is 43.3 Å². The summed E-state index contributed by atoms with van der Waals surface area (Å²) >= 11 is 0. The minimum Gasteiger partial charge on any atom is -0.489 e. The number of aromatic nitrogens is 2. The van der Waals surface area contributed by atoms with Crippen LogP contribution in [-0.4, -0.2) is 21.6 Å². The lowest BCUT2D eigenvalue weighted by Gasteiger charge is -2.09. The van der Waals surface area contributed by atoms with Crippen molar-refractivity contribution >= 4 is 0 Å². The van der Waals surface area contributed by atoms with Crippen LogP contribution in [0.5, 0.6) is 5.75 Å². The maximum absolute atomic E-state index is 6.03. The minimum absolute atomic E-state index is 0.511. The smallest absolute Gasteiger partial charge is 0.120 e. The summed E-state index contributed by atoms with van der Waals surface area (Å²) < 4.78 is 6.03. The van der Waals surface area contributed by atoms with Crippen molar-refractivity contribution in [2.75, 3.05) is 6.54 Å². The minimum atomic E-state index is 0.511. The fourth-order valence-electron chi connectivity index (χ4n) is 3.19. The van der Waals surface area contributed by atoms with E-state index in [1.807, 2.05) is 24.4 Å². The summed E-state index contributed by atoms with van der Waals surface area (Å²) in [5.41, 5.74) is 6.01. The van der Waals surface area contributed by atoms with Gasteiger partial charge >= 0.3 is 0 Å². The number of benzene rings is 2. The molecule has 4 heteroatoms. The summed E-state index contributed by atoms with van der Waals surface area (Å²) in [6.45, 7) is 5.86. The quantitative estimate of drug-likeness (QED) is 0.773. The number of fused-ring (bicyclic) bond motifs is 1. The summed E-state index contributed by atoms with van der Waals surface area (Å²) in [6.07, 6.45) is 1.84. The maximum atomic E-state index is 6.03. The first-order chi connectivity index (χ1) is 11.8. The number of nitrogens with zero attached hydrogens (tertiary/aromatic N) is 2. The normalized spacial score (nSPS) is 13.9. The molecule has 0 saturated carbocycles. The molecule has 0 bridgehead atoms. The standard InChI is InChI=1S/C20H21N3O/c1-2-23-12-16-8-9-19(10-17(16)13-23)24-14-18-11-21-22-20(18)15-6-4-3-5-7-15/h3-11H,2,12-14H2,1H3,(H,21,22). The Hall–Kier alpha value is -2.59. The number of rotatable bonds is 5. The summed E-state index contributed by atoms with van der Waals surface area (Å²) in [5, 5.41) is 7.25. The third-order valence-electron chi connectivity index (χ3n) is 4.59. The molecule has 1 aromatic heterocycles. The second-order valence-corrected chi connectivity index (χ2v) is 6.16. The first-order valence-electron chi connectivity index (χ1n) is 8.38. The second kappa shape index (κ2) is 6.49. The van der Waals surface area contributed by atoms with Gasteiger partial charge in [0.25, 0.3) is 0 Å². The lowest BCUT2D eigenvalue weighted by Crippen LogP contribution is -2.14. The molecule has 4 nitrogen and oxygen atoms in total. The third-order valence-corrected chi connectivity index (χ3v) is 4.59. The molecule has 24 heavy (non-hydrogen) atoms. The SMILES string of the molecule is CCN1Cc2ccc(OCc3cn[nH]c3-c3ccccc3)cc2C1. The van der Waals surface area contributed by atoms with E-state index < -0.39 is 0 Å². The zero-order valence-electron chi connectivity index (χ0n) is 13.8. The van der Waals surface area contributed by atoms with Gasteiger partial charge in [-0.25, -0.2) is 0 Å². The number of nitrogens with one attached hydrogen (secondary N) is 1. The van der Waals surface area contributed by atoms with E-state index in [9.17, 15) is 0 Å². The number of hydrogen-bond donors (Lipinski definition) is 1. The highest BCUT2D eigenvalue weighted by Crippen LogP contribution is 2.28. The Labute approximate surface area is 142 Å². The molecule has 0 amide bonds. The first kappa shape index (κ1) is 15.0. The van der Waals surface area contributed by atoms with Crippen LogP contribution in [-0.2, 0) is 19.7 Å². The Morgan fingerprint density at radius 1 is 1.08 bits per heavy atom. The predicted octanol–water partition coefficient (Wildman–Crippen LogP) is 3.99. The van der Waals surface area contributed by atoms with Crippen molar-refractivity contribution in [3.8, 4) is 17.0 Å². The second-order valence-electron chi connectivity index (χ2n) is 6.16. The molecule has 2 heterocycles. The van der Waals surface area contributed by atoms with E-state index in [0.717, 1.165) is 42.2 Å². The summed E-state index contributed by atoms with van der Waals surface area (Å²) in [4.78, 5) is 2.43. The molecule has 122 valence electrons. The van der Waals surface area contributed by atoms with Crippen LogP contribution in [0.1, 0.15) is 23.6 Å². The molecule has 3 aromatic rings. The fraction of sp³-hybridized carbons (Fsp3) is 0.250. The van der Waals surface area contributed by atoms with Crippen LogP contribution in [0, 0.1) is 0 Å². The van der Waals surface area contributed by atoms with Crippen molar-refractivity contribution in [3.63, 3.8) is 0 Å². The van der Waals surface area contributed by atoms with Crippen LogP contribution >= 0.6 is 0 Å². The average Bonchev–Trinajstić information content (AvgIpc) is 3.26. The van der Waals surface area contributed by atoms with Gasteiger partial charge < -0.3 is 4.74 Å². The number of ether oxygens (including phenoxy) is 1. The molecule has 1 aliphatic rings. The van der Waals surface area contributed by atoms with Gasteiger partial charge in [0.05, 0.1) is 11.9 Å². The molecule has 0 fully saturated rings. The Morgan fingerprint density at radius 3 is 2.75 bits per heavy atom. The van der Waals surface area contributed by atoms with Crippen LogP contribution in [0.25, 0.3) is 11.3 Å². The van der Waals surface area contributed by atoms with E-state index in [1.54, 1.807) is 0 Å². The van der Waals surface area contributed by atoms with Crippen molar-refractivity contribution in [1.82, 2.24) is 15.1 Å². The van der Waals surface area contributed by atoms with Crippen molar-refractivity contribution in [3.05, 3.63) is 71.4 Å². The molecular formula is C20H21N3O. The Kier molecular flexibility index (Phi) is 4.05. The van der Waals surface area contributed by atoms with E-state index in [-0.39, 0.29) is 0 Å². The van der Waals surface area contributed by atoms with E-state index >= 15 is 0 Å². The van der Waals surface area contributed by atoms with Crippen molar-refractivity contribution in [1.29, 1.82) is 0 Å². The number of H-pyrrole nitrogens is 1. The van der Waals surface area contributed by atoms with Crippen molar-refractivity contribution in [2.45, 2.75) is 26.6 Å². The molecule has 1 aliphatic heterocycles. The molecule has 0 unspecified atom stereocenters. The third kappa shape index (κ3) is 2.93. The van der Waals surface area contributed by atoms with Gasteiger partial charge in [0.2, 0.25) is 0 Å². The molecule has 0 atom stereocenters. The van der Waals surface area contributed by atoms with Gasteiger partial charge in [-0.3, -0.25) is 10.00 Å². The lowest BCUT2D eigenvalue weighted by molar-refractivity contribution is 0.299. The van der Waals surface area contributed by atoms with Crippen LogP contribution in [0.2, 0.25) is 0 Å². The largest absolute Gasteiger partial charge is 0.489 e. The van der Waals surface area contributed by atoms with E-state index in [0.29, 0.717) is 6.61 Å². The topological polar surface area (TPSA) is 41.1 Å². The molecule has 0 spiro atoms. The van der Waals surface area contributed by atoms with E-state index in [2.05, 4.69) is 52.4 Å². The fourth-order valence-corrected chi connectivity index (χ4v) is 3.19. The zero-order valence-corrected chi connectivity index (χ0v) is 13.8. The van der Waals surface area contributed by atoms with E-state index in [1.165, 1.54) is 11.1 Å². The Morgan fingerprint density at radius 2 is 1.92 bits per heavy atom.